The van der Waals surface area contributed by atoms with Crippen molar-refractivity contribution in [2.75, 3.05) is 7.11 Å². The van der Waals surface area contributed by atoms with E-state index >= 15 is 0 Å². The van der Waals surface area contributed by atoms with Crippen LogP contribution in [0.2, 0.25) is 13.1 Å². The summed E-state index contributed by atoms with van der Waals surface area (Å²) in [6.45, 7) is 29.9. The summed E-state index contributed by atoms with van der Waals surface area (Å²) in [5.41, 5.74) is 27.6. The number of benzene rings is 5. The molecule has 0 fully saturated rings. The van der Waals surface area contributed by atoms with E-state index in [0.717, 1.165) is 25.0 Å². The summed E-state index contributed by atoms with van der Waals surface area (Å²) < 4.78 is 6.40. The van der Waals surface area contributed by atoms with E-state index < -0.39 is 21.5 Å². The molecule has 0 radical (unpaired) electrons. The molecular weight excluding hydrogens is 855 g/mol. The SMILES string of the molecule is COc1c(C(C)(C)C)cc2c(c1-c1cc(C)cc(C)c1)C=C(C)[CH]2[Zr]([Cl])([Cl])([CH]1C(C)=Cc2c(-c3cc(C)cc(C)c3)c3c(c(-c4cc(C)cc(C)c4)c21)CCC3)[SiH](C)C. The molecule has 0 aliphatic heterocycles. The number of hydrogen-bond donors (Lipinski definition) is 0. The summed E-state index contributed by atoms with van der Waals surface area (Å²) in [5, 5.41) is 0. The molecule has 0 aromatic heterocycles. The van der Waals surface area contributed by atoms with Crippen molar-refractivity contribution in [1.82, 2.24) is 0 Å². The topological polar surface area (TPSA) is 9.23 Å². The van der Waals surface area contributed by atoms with Gasteiger partial charge in [-0.25, -0.2) is 0 Å². The van der Waals surface area contributed by atoms with Gasteiger partial charge in [-0.3, -0.25) is 0 Å². The molecule has 0 heterocycles. The van der Waals surface area contributed by atoms with Gasteiger partial charge < -0.3 is 0 Å². The fourth-order valence-corrected chi connectivity index (χ4v) is 44.6. The van der Waals surface area contributed by atoms with E-state index in [0.29, 0.717) is 0 Å². The van der Waals surface area contributed by atoms with Crippen LogP contribution in [0.3, 0.4) is 0 Å². The van der Waals surface area contributed by atoms with Crippen molar-refractivity contribution in [2.45, 2.75) is 121 Å². The summed E-state index contributed by atoms with van der Waals surface area (Å²) in [6.07, 6.45) is 8.31. The van der Waals surface area contributed by atoms with Crippen LogP contribution in [-0.2, 0) is 33.8 Å². The second-order valence-electron chi connectivity index (χ2n) is 20.1. The Morgan fingerprint density at radius 2 is 1.00 bits per heavy atom. The van der Waals surface area contributed by atoms with Crippen LogP contribution in [0.5, 0.6) is 5.75 Å². The van der Waals surface area contributed by atoms with Crippen LogP contribution in [0.1, 0.15) is 121 Å². The van der Waals surface area contributed by atoms with Crippen molar-refractivity contribution in [3.8, 4) is 39.1 Å². The molecular formula is C54H63Cl2OSiZr. The number of ether oxygens (including phenoxy) is 1. The summed E-state index contributed by atoms with van der Waals surface area (Å²) in [7, 11) is 20.1. The molecule has 0 amide bonds. The zero-order valence-electron chi connectivity index (χ0n) is 37.9. The van der Waals surface area contributed by atoms with Crippen molar-refractivity contribution >= 4 is 35.1 Å². The molecule has 0 saturated carbocycles. The monoisotopic (exact) mass is 915 g/mol. The molecule has 5 heteroatoms. The fraction of sp³-hybridized carbons (Fsp3) is 0.370. The Labute approximate surface area is 364 Å². The van der Waals surface area contributed by atoms with Crippen molar-refractivity contribution < 1.29 is 20.3 Å². The van der Waals surface area contributed by atoms with E-state index in [9.17, 15) is 0 Å². The summed E-state index contributed by atoms with van der Waals surface area (Å²) >= 11 is -5.20. The second-order valence-corrected chi connectivity index (χ2v) is 62.6. The number of aryl methyl sites for hydroxylation is 6. The maximum absolute atomic E-state index is 9.12. The molecule has 3 aliphatic carbocycles. The molecule has 8 rings (SSSR count). The minimum atomic E-state index is -5.20. The second kappa shape index (κ2) is 14.9. The van der Waals surface area contributed by atoms with Crippen LogP contribution < -0.4 is 4.74 Å². The molecule has 1 nitrogen and oxygen atoms in total. The van der Waals surface area contributed by atoms with Crippen molar-refractivity contribution in [3.05, 3.63) is 144 Å². The molecule has 5 aromatic rings. The van der Waals surface area contributed by atoms with Crippen LogP contribution in [0, 0.1) is 41.5 Å². The van der Waals surface area contributed by atoms with Gasteiger partial charge in [0.15, 0.2) is 0 Å². The van der Waals surface area contributed by atoms with Gasteiger partial charge in [0.2, 0.25) is 0 Å². The van der Waals surface area contributed by atoms with Gasteiger partial charge in [-0.05, 0) is 0 Å². The third-order valence-electron chi connectivity index (χ3n) is 14.0. The van der Waals surface area contributed by atoms with Gasteiger partial charge in [0, 0.05) is 0 Å². The molecule has 0 bridgehead atoms. The van der Waals surface area contributed by atoms with E-state index in [4.69, 9.17) is 21.8 Å². The third-order valence-corrected chi connectivity index (χ3v) is 66.2. The molecule has 0 N–H and O–H groups in total. The number of halogens is 2. The van der Waals surface area contributed by atoms with Crippen LogP contribution in [0.15, 0.2) is 71.8 Å². The summed E-state index contributed by atoms with van der Waals surface area (Å²) in [6, 6.07) is 23.7. The molecule has 0 saturated heterocycles. The quantitative estimate of drug-likeness (QED) is 0.148. The predicted octanol–water partition coefficient (Wildman–Crippen LogP) is 15.9. The van der Waals surface area contributed by atoms with E-state index in [1.165, 1.54) is 117 Å². The summed E-state index contributed by atoms with van der Waals surface area (Å²) in [4.78, 5) is 0. The van der Waals surface area contributed by atoms with E-state index in [1.54, 1.807) is 0 Å². The Balaban J connectivity index is 1.50. The normalized spacial score (nSPS) is 18.0. The van der Waals surface area contributed by atoms with Crippen molar-refractivity contribution in [1.29, 1.82) is 0 Å². The molecule has 3 aliphatic rings. The van der Waals surface area contributed by atoms with Crippen LogP contribution in [-0.4, -0.2) is 13.0 Å². The Kier molecular flexibility index (Phi) is 10.8. The minimum absolute atomic E-state index is 0.0306. The van der Waals surface area contributed by atoms with Crippen LogP contribution >= 0.6 is 17.0 Å². The maximum atomic E-state index is 9.12. The standard InChI is InChI=1S/C29H29.C23H27O.C2H7Si.2ClH.Zr/c1-17-9-18(2)12-22(11-17)28-24-7-6-8-25(24)29(27-16-21(5)15-26(27)28)23-13-19(3)10-20(4)14-23;1-14-8-15(2)11-18(10-14)21-19-12-16(3)9-17(19)13-20(22(21)24-7)23(4,5)6;1-3-2;;;/h9-16H,6-8H2,1-5H3;8-13H,1-7H3;3H,1-2H3;2*1H;/q;;;;;+2/p-2. The molecule has 307 valence electrons. The number of allylic oxidation sites excluding steroid dienone is 2. The molecule has 59 heavy (non-hydrogen) atoms. The average Bonchev–Trinajstić information content (AvgIpc) is 3.82. The van der Waals surface area contributed by atoms with Gasteiger partial charge in [0.05, 0.1) is 0 Å². The Hall–Kier alpha value is -2.94. The van der Waals surface area contributed by atoms with Gasteiger partial charge in [-0.15, -0.1) is 0 Å². The van der Waals surface area contributed by atoms with Crippen LogP contribution in [0.4, 0.5) is 0 Å². The van der Waals surface area contributed by atoms with E-state index in [-0.39, 0.29) is 12.7 Å². The molecule has 5 aromatic carbocycles. The number of hydrogen-bond acceptors (Lipinski definition) is 1. The predicted molar refractivity (Wildman–Crippen MR) is 258 cm³/mol. The van der Waals surface area contributed by atoms with Crippen LogP contribution in [0.25, 0.3) is 45.5 Å². The van der Waals surface area contributed by atoms with E-state index in [1.807, 2.05) is 7.11 Å². The Bertz CT molecular complexity index is 2610. The Morgan fingerprint density at radius 1 is 0.576 bits per heavy atom. The Morgan fingerprint density at radius 3 is 1.46 bits per heavy atom. The fourth-order valence-electron chi connectivity index (χ4n) is 11.9. The summed E-state index contributed by atoms with van der Waals surface area (Å²) in [5.74, 6) is -0.875. The number of fused-ring (bicyclic) bond motifs is 3. The average molecular weight is 918 g/mol. The number of rotatable bonds is 7. The molecule has 0 spiro atoms. The van der Waals surface area contributed by atoms with Gasteiger partial charge >= 0.3 is 367 Å². The van der Waals surface area contributed by atoms with Crippen molar-refractivity contribution in [3.63, 3.8) is 0 Å². The van der Waals surface area contributed by atoms with Gasteiger partial charge in [-0.2, -0.15) is 0 Å². The van der Waals surface area contributed by atoms with Crippen molar-refractivity contribution in [2.24, 2.45) is 0 Å². The first-order chi connectivity index (χ1) is 27.6. The first-order valence-corrected chi connectivity index (χ1v) is 38.1. The van der Waals surface area contributed by atoms with E-state index in [2.05, 4.69) is 162 Å². The molecule has 2 atom stereocenters. The van der Waals surface area contributed by atoms with Gasteiger partial charge in [0.1, 0.15) is 0 Å². The van der Waals surface area contributed by atoms with Gasteiger partial charge in [-0.1, -0.05) is 0 Å². The number of methoxy groups -OCH3 is 1. The molecule has 2 unspecified atom stereocenters. The first-order valence-electron chi connectivity index (χ1n) is 21.8. The first kappa shape index (κ1) is 42.7. The van der Waals surface area contributed by atoms with Gasteiger partial charge in [0.25, 0.3) is 0 Å². The zero-order valence-corrected chi connectivity index (χ0v) is 43.1. The third kappa shape index (κ3) is 6.79. The zero-order chi connectivity index (χ0) is 42.7.